The Hall–Kier alpha value is -3.20. The van der Waals surface area contributed by atoms with Crippen molar-refractivity contribution in [1.82, 2.24) is 15.1 Å². The van der Waals surface area contributed by atoms with Crippen LogP contribution in [-0.2, 0) is 22.6 Å². The number of rotatable bonds is 9. The SMILES string of the molecule is CCNC(=O)N(CC(=O)N(Cc1ccc2c(c1)OCO2)Cc1ccc(C)o1)CC1CCCO1. The maximum absolute atomic E-state index is 13.5. The molecule has 1 fully saturated rings. The van der Waals surface area contributed by atoms with E-state index < -0.39 is 0 Å². The molecular formula is C24H31N3O6. The van der Waals surface area contributed by atoms with Gasteiger partial charge in [-0.2, -0.15) is 0 Å². The zero-order valence-electron chi connectivity index (χ0n) is 19.2. The predicted molar refractivity (Wildman–Crippen MR) is 120 cm³/mol. The fourth-order valence-corrected chi connectivity index (χ4v) is 4.03. The van der Waals surface area contributed by atoms with Gasteiger partial charge in [0.25, 0.3) is 0 Å². The number of benzene rings is 1. The fraction of sp³-hybridized carbons (Fsp3) is 0.500. The van der Waals surface area contributed by atoms with E-state index in [-0.39, 0.29) is 31.4 Å². The first kappa shape index (κ1) is 23.0. The van der Waals surface area contributed by atoms with Gasteiger partial charge in [0.2, 0.25) is 12.7 Å². The van der Waals surface area contributed by atoms with E-state index >= 15 is 0 Å². The van der Waals surface area contributed by atoms with Crippen LogP contribution in [0.4, 0.5) is 4.79 Å². The molecule has 9 nitrogen and oxygen atoms in total. The molecule has 1 saturated heterocycles. The third kappa shape index (κ3) is 5.98. The van der Waals surface area contributed by atoms with E-state index in [1.165, 1.54) is 0 Å². The summed E-state index contributed by atoms with van der Waals surface area (Å²) in [6.07, 6.45) is 1.81. The minimum Gasteiger partial charge on any atom is -0.464 e. The van der Waals surface area contributed by atoms with Gasteiger partial charge in [-0.15, -0.1) is 0 Å². The number of carbonyl (C=O) groups excluding carboxylic acids is 2. The molecule has 2 aromatic rings. The Morgan fingerprint density at radius 3 is 2.67 bits per heavy atom. The Morgan fingerprint density at radius 2 is 1.94 bits per heavy atom. The molecular weight excluding hydrogens is 426 g/mol. The maximum Gasteiger partial charge on any atom is 0.317 e. The molecule has 4 rings (SSSR count). The summed E-state index contributed by atoms with van der Waals surface area (Å²) >= 11 is 0. The number of hydrogen-bond acceptors (Lipinski definition) is 6. The first-order chi connectivity index (χ1) is 16.0. The van der Waals surface area contributed by atoms with E-state index in [0.29, 0.717) is 50.0 Å². The summed E-state index contributed by atoms with van der Waals surface area (Å²) in [5.41, 5.74) is 0.902. The lowest BCUT2D eigenvalue weighted by atomic mass is 10.1. The van der Waals surface area contributed by atoms with Crippen molar-refractivity contribution in [2.45, 2.75) is 45.9 Å². The number of hydrogen-bond donors (Lipinski definition) is 1. The van der Waals surface area contributed by atoms with Crippen molar-refractivity contribution in [1.29, 1.82) is 0 Å². The van der Waals surface area contributed by atoms with Crippen molar-refractivity contribution in [3.05, 3.63) is 47.4 Å². The lowest BCUT2D eigenvalue weighted by Crippen LogP contribution is -2.49. The van der Waals surface area contributed by atoms with Gasteiger partial charge in [-0.25, -0.2) is 4.79 Å². The van der Waals surface area contributed by atoms with E-state index in [1.807, 2.05) is 44.2 Å². The minimum absolute atomic E-state index is 0.0457. The third-order valence-corrected chi connectivity index (χ3v) is 5.70. The summed E-state index contributed by atoms with van der Waals surface area (Å²) in [4.78, 5) is 29.4. The zero-order chi connectivity index (χ0) is 23.2. The highest BCUT2D eigenvalue weighted by Gasteiger charge is 2.27. The average Bonchev–Trinajstić information content (AvgIpc) is 3.55. The van der Waals surface area contributed by atoms with Crippen molar-refractivity contribution in [2.24, 2.45) is 0 Å². The van der Waals surface area contributed by atoms with Crippen molar-refractivity contribution in [3.8, 4) is 11.5 Å². The molecule has 0 bridgehead atoms. The summed E-state index contributed by atoms with van der Waals surface area (Å²) in [7, 11) is 0. The number of amides is 3. The summed E-state index contributed by atoms with van der Waals surface area (Å²) in [6.45, 7) is 6.07. The molecule has 33 heavy (non-hydrogen) atoms. The van der Waals surface area contributed by atoms with Gasteiger partial charge in [0, 0.05) is 26.2 Å². The van der Waals surface area contributed by atoms with Gasteiger partial charge in [0.15, 0.2) is 11.5 Å². The number of nitrogens with zero attached hydrogens (tertiary/aromatic N) is 2. The lowest BCUT2D eigenvalue weighted by molar-refractivity contribution is -0.133. The van der Waals surface area contributed by atoms with Gasteiger partial charge in [0.1, 0.15) is 18.1 Å². The Balaban J connectivity index is 1.50. The molecule has 2 aliphatic rings. The van der Waals surface area contributed by atoms with E-state index in [4.69, 9.17) is 18.6 Å². The minimum atomic E-state index is -0.266. The highest BCUT2D eigenvalue weighted by atomic mass is 16.7. The van der Waals surface area contributed by atoms with E-state index in [0.717, 1.165) is 24.2 Å². The average molecular weight is 458 g/mol. The van der Waals surface area contributed by atoms with Gasteiger partial charge < -0.3 is 33.7 Å². The fourth-order valence-electron chi connectivity index (χ4n) is 4.03. The van der Waals surface area contributed by atoms with E-state index in [9.17, 15) is 9.59 Å². The second-order valence-corrected chi connectivity index (χ2v) is 8.30. The Labute approximate surface area is 193 Å². The van der Waals surface area contributed by atoms with E-state index in [2.05, 4.69) is 5.32 Å². The first-order valence-electron chi connectivity index (χ1n) is 11.4. The van der Waals surface area contributed by atoms with Crippen LogP contribution in [0, 0.1) is 6.92 Å². The molecule has 178 valence electrons. The van der Waals surface area contributed by atoms with Crippen LogP contribution in [-0.4, -0.2) is 60.9 Å². The first-order valence-corrected chi connectivity index (χ1v) is 11.4. The molecule has 9 heteroatoms. The van der Waals surface area contributed by atoms with Crippen LogP contribution < -0.4 is 14.8 Å². The molecule has 3 heterocycles. The molecule has 1 N–H and O–H groups in total. The molecule has 1 atom stereocenters. The standard InChI is InChI=1S/C24H31N3O6/c1-3-25-24(29)27(13-19-5-4-10-30-19)15-23(28)26(14-20-8-6-17(2)33-20)12-18-7-9-21-22(11-18)32-16-31-21/h6-9,11,19H,3-5,10,12-16H2,1-2H3,(H,25,29). The summed E-state index contributed by atoms with van der Waals surface area (Å²) in [5.74, 6) is 2.65. The van der Waals surface area contributed by atoms with Gasteiger partial charge >= 0.3 is 6.03 Å². The smallest absolute Gasteiger partial charge is 0.317 e. The van der Waals surface area contributed by atoms with Crippen LogP contribution in [0.25, 0.3) is 0 Å². The van der Waals surface area contributed by atoms with Crippen LogP contribution in [0.2, 0.25) is 0 Å². The van der Waals surface area contributed by atoms with Crippen LogP contribution in [0.1, 0.15) is 36.8 Å². The highest BCUT2D eigenvalue weighted by Crippen LogP contribution is 2.33. The lowest BCUT2D eigenvalue weighted by Gasteiger charge is -2.29. The van der Waals surface area contributed by atoms with Crippen molar-refractivity contribution in [2.75, 3.05) is 33.0 Å². The van der Waals surface area contributed by atoms with Crippen molar-refractivity contribution >= 4 is 11.9 Å². The largest absolute Gasteiger partial charge is 0.464 e. The number of aryl methyl sites for hydroxylation is 1. The van der Waals surface area contributed by atoms with Crippen molar-refractivity contribution in [3.63, 3.8) is 0 Å². The number of carbonyl (C=O) groups is 2. The molecule has 0 aliphatic carbocycles. The molecule has 3 amide bonds. The molecule has 0 spiro atoms. The predicted octanol–water partition coefficient (Wildman–Crippen LogP) is 3.06. The molecule has 2 aliphatic heterocycles. The van der Waals surface area contributed by atoms with Gasteiger partial charge in [0.05, 0.1) is 12.6 Å². The Kier molecular flexibility index (Phi) is 7.39. The maximum atomic E-state index is 13.5. The zero-order valence-corrected chi connectivity index (χ0v) is 19.2. The topological polar surface area (TPSA) is 93.5 Å². The molecule has 1 aromatic heterocycles. The molecule has 0 radical (unpaired) electrons. The summed E-state index contributed by atoms with van der Waals surface area (Å²) in [6, 6.07) is 9.10. The number of nitrogens with one attached hydrogen (secondary N) is 1. The monoisotopic (exact) mass is 457 g/mol. The Morgan fingerprint density at radius 1 is 1.09 bits per heavy atom. The van der Waals surface area contributed by atoms with Crippen molar-refractivity contribution < 1.29 is 28.2 Å². The molecule has 0 saturated carbocycles. The quantitative estimate of drug-likeness (QED) is 0.622. The van der Waals surface area contributed by atoms with Crippen LogP contribution >= 0.6 is 0 Å². The number of urea groups is 1. The van der Waals surface area contributed by atoms with Gasteiger partial charge in [-0.1, -0.05) is 6.07 Å². The Bertz CT molecular complexity index is 969. The second-order valence-electron chi connectivity index (χ2n) is 8.30. The van der Waals surface area contributed by atoms with E-state index in [1.54, 1.807) is 9.80 Å². The number of fused-ring (bicyclic) bond motifs is 1. The number of ether oxygens (including phenoxy) is 3. The van der Waals surface area contributed by atoms with Crippen LogP contribution in [0.3, 0.4) is 0 Å². The summed E-state index contributed by atoms with van der Waals surface area (Å²) in [5, 5.41) is 2.81. The van der Waals surface area contributed by atoms with Gasteiger partial charge in [-0.3, -0.25) is 4.79 Å². The van der Waals surface area contributed by atoms with Gasteiger partial charge in [-0.05, 0) is 56.5 Å². The highest BCUT2D eigenvalue weighted by molar-refractivity contribution is 5.84. The van der Waals surface area contributed by atoms with Crippen LogP contribution in [0.5, 0.6) is 11.5 Å². The number of furan rings is 1. The molecule has 1 aromatic carbocycles. The van der Waals surface area contributed by atoms with Crippen LogP contribution in [0.15, 0.2) is 34.7 Å². The second kappa shape index (κ2) is 10.6. The summed E-state index contributed by atoms with van der Waals surface area (Å²) < 4.78 is 22.3. The third-order valence-electron chi connectivity index (χ3n) is 5.70. The normalized spacial score (nSPS) is 16.6. The molecule has 1 unspecified atom stereocenters.